The first kappa shape index (κ1) is 17.9. The van der Waals surface area contributed by atoms with Gasteiger partial charge in [0, 0.05) is 12.6 Å². The van der Waals surface area contributed by atoms with E-state index in [0.717, 1.165) is 32.6 Å². The Hall–Kier alpha value is -0.120. The Balaban J connectivity index is 3.90. The van der Waals surface area contributed by atoms with Crippen molar-refractivity contribution in [1.29, 1.82) is 0 Å². The normalized spacial score (nSPS) is 14.7. The van der Waals surface area contributed by atoms with Gasteiger partial charge < -0.3 is 14.8 Å². The summed E-state index contributed by atoms with van der Waals surface area (Å²) in [5.41, 5.74) is 0. The quantitative estimate of drug-likeness (QED) is 0.514. The lowest BCUT2D eigenvalue weighted by Crippen LogP contribution is -2.42. The molecule has 0 spiro atoms. The molecule has 18 heavy (non-hydrogen) atoms. The van der Waals surface area contributed by atoms with Crippen LogP contribution in [-0.4, -0.2) is 38.5 Å². The first-order valence-corrected chi connectivity index (χ1v) is 7.72. The van der Waals surface area contributed by atoms with E-state index in [1.807, 2.05) is 0 Å². The van der Waals surface area contributed by atoms with E-state index in [1.165, 1.54) is 19.3 Å². The van der Waals surface area contributed by atoms with Gasteiger partial charge in [0.1, 0.15) is 0 Å². The van der Waals surface area contributed by atoms with Crippen molar-refractivity contribution in [2.75, 3.05) is 26.4 Å². The van der Waals surface area contributed by atoms with Crippen molar-refractivity contribution in [3.63, 3.8) is 0 Å². The summed E-state index contributed by atoms with van der Waals surface area (Å²) < 4.78 is 11.4. The minimum Gasteiger partial charge on any atom is -0.379 e. The molecule has 110 valence electrons. The molecule has 0 aliphatic rings. The van der Waals surface area contributed by atoms with Gasteiger partial charge in [0.25, 0.3) is 0 Å². The number of hydrogen-bond donors (Lipinski definition) is 1. The summed E-state index contributed by atoms with van der Waals surface area (Å²) >= 11 is 0. The van der Waals surface area contributed by atoms with Crippen LogP contribution in [0.25, 0.3) is 0 Å². The van der Waals surface area contributed by atoms with Gasteiger partial charge in [-0.25, -0.2) is 0 Å². The molecule has 0 radical (unpaired) electrons. The van der Waals surface area contributed by atoms with Crippen molar-refractivity contribution in [3.05, 3.63) is 0 Å². The van der Waals surface area contributed by atoms with Crippen LogP contribution in [0, 0.1) is 0 Å². The molecule has 0 aliphatic heterocycles. The van der Waals surface area contributed by atoms with Crippen LogP contribution in [0.15, 0.2) is 0 Å². The zero-order valence-corrected chi connectivity index (χ0v) is 12.8. The SMILES string of the molecule is CCCNC(CCC)C(CC)OCCOCCC. The van der Waals surface area contributed by atoms with Crippen LogP contribution >= 0.6 is 0 Å². The van der Waals surface area contributed by atoms with Crippen LogP contribution in [0.4, 0.5) is 0 Å². The monoisotopic (exact) mass is 259 g/mol. The van der Waals surface area contributed by atoms with Gasteiger partial charge in [-0.3, -0.25) is 0 Å². The predicted molar refractivity (Wildman–Crippen MR) is 78.1 cm³/mol. The van der Waals surface area contributed by atoms with E-state index < -0.39 is 0 Å². The highest BCUT2D eigenvalue weighted by Gasteiger charge is 2.18. The minimum absolute atomic E-state index is 0.321. The van der Waals surface area contributed by atoms with Crippen LogP contribution in [0.2, 0.25) is 0 Å². The Labute approximate surface area is 114 Å². The Morgan fingerprint density at radius 1 is 0.889 bits per heavy atom. The highest BCUT2D eigenvalue weighted by Crippen LogP contribution is 2.10. The standard InChI is InChI=1S/C15H33NO2/c1-5-9-14(16-10-6-2)15(8-4)18-13-12-17-11-7-3/h14-16H,5-13H2,1-4H3. The average molecular weight is 259 g/mol. The zero-order chi connectivity index (χ0) is 13.6. The first-order valence-electron chi connectivity index (χ1n) is 7.72. The third kappa shape index (κ3) is 8.90. The topological polar surface area (TPSA) is 30.5 Å². The van der Waals surface area contributed by atoms with E-state index in [4.69, 9.17) is 9.47 Å². The fourth-order valence-corrected chi connectivity index (χ4v) is 2.08. The lowest BCUT2D eigenvalue weighted by Gasteiger charge is -2.27. The smallest absolute Gasteiger partial charge is 0.0726 e. The zero-order valence-electron chi connectivity index (χ0n) is 12.8. The van der Waals surface area contributed by atoms with E-state index in [9.17, 15) is 0 Å². The molecule has 0 aromatic rings. The maximum Gasteiger partial charge on any atom is 0.0726 e. The van der Waals surface area contributed by atoms with Crippen molar-refractivity contribution < 1.29 is 9.47 Å². The number of rotatable bonds is 13. The van der Waals surface area contributed by atoms with Crippen LogP contribution in [0.3, 0.4) is 0 Å². The average Bonchev–Trinajstić information content (AvgIpc) is 2.39. The largest absolute Gasteiger partial charge is 0.379 e. The van der Waals surface area contributed by atoms with Gasteiger partial charge in [0.15, 0.2) is 0 Å². The van der Waals surface area contributed by atoms with Crippen molar-refractivity contribution in [2.24, 2.45) is 0 Å². The van der Waals surface area contributed by atoms with Crippen molar-refractivity contribution >= 4 is 0 Å². The van der Waals surface area contributed by atoms with Crippen molar-refractivity contribution in [1.82, 2.24) is 5.32 Å². The molecule has 0 saturated carbocycles. The molecular weight excluding hydrogens is 226 g/mol. The van der Waals surface area contributed by atoms with E-state index in [1.54, 1.807) is 0 Å². The third-order valence-corrected chi connectivity index (χ3v) is 3.02. The molecule has 3 nitrogen and oxygen atoms in total. The first-order chi connectivity index (χ1) is 8.79. The molecule has 2 unspecified atom stereocenters. The van der Waals surface area contributed by atoms with Gasteiger partial charge in [-0.2, -0.15) is 0 Å². The third-order valence-electron chi connectivity index (χ3n) is 3.02. The molecule has 0 bridgehead atoms. The van der Waals surface area contributed by atoms with Gasteiger partial charge in [0.05, 0.1) is 19.3 Å². The van der Waals surface area contributed by atoms with Crippen molar-refractivity contribution in [2.45, 2.75) is 71.9 Å². The van der Waals surface area contributed by atoms with Crippen LogP contribution in [-0.2, 0) is 9.47 Å². The maximum absolute atomic E-state index is 5.96. The van der Waals surface area contributed by atoms with E-state index in [-0.39, 0.29) is 0 Å². The van der Waals surface area contributed by atoms with E-state index >= 15 is 0 Å². The molecule has 0 heterocycles. The van der Waals surface area contributed by atoms with E-state index in [0.29, 0.717) is 18.8 Å². The molecule has 2 atom stereocenters. The van der Waals surface area contributed by atoms with Crippen molar-refractivity contribution in [3.8, 4) is 0 Å². The van der Waals surface area contributed by atoms with Crippen LogP contribution < -0.4 is 5.32 Å². The van der Waals surface area contributed by atoms with Gasteiger partial charge in [-0.1, -0.05) is 34.1 Å². The lowest BCUT2D eigenvalue weighted by molar-refractivity contribution is -0.0144. The molecule has 1 N–H and O–H groups in total. The second-order valence-corrected chi connectivity index (χ2v) is 4.78. The van der Waals surface area contributed by atoms with Crippen LogP contribution in [0.5, 0.6) is 0 Å². The van der Waals surface area contributed by atoms with E-state index in [2.05, 4.69) is 33.0 Å². The summed E-state index contributed by atoms with van der Waals surface area (Å²) in [4.78, 5) is 0. The lowest BCUT2D eigenvalue weighted by atomic mass is 10.0. The molecule has 0 saturated heterocycles. The predicted octanol–water partition coefficient (Wildman–Crippen LogP) is 3.38. The fourth-order valence-electron chi connectivity index (χ4n) is 2.08. The summed E-state index contributed by atoms with van der Waals surface area (Å²) in [5, 5.41) is 3.61. The Kier molecular flexibility index (Phi) is 13.2. The highest BCUT2D eigenvalue weighted by molar-refractivity contribution is 4.75. The molecule has 3 heteroatoms. The summed E-state index contributed by atoms with van der Waals surface area (Å²) in [6, 6.07) is 0.492. The summed E-state index contributed by atoms with van der Waals surface area (Å²) in [7, 11) is 0. The Bertz CT molecular complexity index is 165. The Morgan fingerprint density at radius 3 is 2.22 bits per heavy atom. The van der Waals surface area contributed by atoms with Gasteiger partial charge in [0.2, 0.25) is 0 Å². The summed E-state index contributed by atoms with van der Waals surface area (Å²) in [5.74, 6) is 0. The molecule has 0 aliphatic carbocycles. The maximum atomic E-state index is 5.96. The molecule has 0 amide bonds. The molecular formula is C15H33NO2. The Morgan fingerprint density at radius 2 is 1.67 bits per heavy atom. The molecule has 0 aromatic carbocycles. The fraction of sp³-hybridized carbons (Fsp3) is 1.00. The van der Waals surface area contributed by atoms with Crippen LogP contribution in [0.1, 0.15) is 59.8 Å². The second kappa shape index (κ2) is 13.3. The summed E-state index contributed by atoms with van der Waals surface area (Å²) in [6.45, 7) is 12.1. The highest BCUT2D eigenvalue weighted by atomic mass is 16.5. The summed E-state index contributed by atoms with van der Waals surface area (Å²) in [6.07, 6.45) is 6.03. The number of ether oxygens (including phenoxy) is 2. The second-order valence-electron chi connectivity index (χ2n) is 4.78. The van der Waals surface area contributed by atoms with Gasteiger partial charge in [-0.05, 0) is 32.2 Å². The minimum atomic E-state index is 0.321. The van der Waals surface area contributed by atoms with Gasteiger partial charge >= 0.3 is 0 Å². The number of hydrogen-bond acceptors (Lipinski definition) is 3. The molecule has 0 fully saturated rings. The molecule has 0 aromatic heterocycles. The van der Waals surface area contributed by atoms with Gasteiger partial charge in [-0.15, -0.1) is 0 Å². The molecule has 0 rings (SSSR count). The number of nitrogens with one attached hydrogen (secondary N) is 1.